The quantitative estimate of drug-likeness (QED) is 0.196. The molecule has 5 heteroatoms. The standard InChI is InChI=1S/C25H34O5/c1-19(2)9-8-14-25(3,15-16-29-18-27-4)30-24(26)23(28-5)22-13-12-20-10-6-7-11-21(20)17-22/h6-7,9-13,17,23H,8,14-16,18H2,1-5H3/t23?,25-/m1/s1. The molecule has 1 unspecified atom stereocenters. The van der Waals surface area contributed by atoms with Gasteiger partial charge in [0, 0.05) is 20.6 Å². The molecule has 0 N–H and O–H groups in total. The Morgan fingerprint density at radius 1 is 1.07 bits per heavy atom. The van der Waals surface area contributed by atoms with E-state index in [1.165, 1.54) is 12.7 Å². The maximum absolute atomic E-state index is 13.1. The van der Waals surface area contributed by atoms with Gasteiger partial charge in [0.1, 0.15) is 12.4 Å². The number of hydrogen-bond donors (Lipinski definition) is 0. The fourth-order valence-electron chi connectivity index (χ4n) is 3.36. The number of esters is 1. The maximum atomic E-state index is 13.1. The summed E-state index contributed by atoms with van der Waals surface area (Å²) in [6, 6.07) is 13.9. The number of methoxy groups -OCH3 is 2. The van der Waals surface area contributed by atoms with Crippen LogP contribution in [0.15, 0.2) is 54.1 Å². The van der Waals surface area contributed by atoms with Gasteiger partial charge in [-0.05, 0) is 56.0 Å². The van der Waals surface area contributed by atoms with Crippen LogP contribution in [0.2, 0.25) is 0 Å². The summed E-state index contributed by atoms with van der Waals surface area (Å²) in [6.45, 7) is 6.74. The first-order valence-electron chi connectivity index (χ1n) is 10.3. The minimum atomic E-state index is -0.780. The van der Waals surface area contributed by atoms with E-state index in [0.717, 1.165) is 22.8 Å². The SMILES string of the molecule is COCOCC[C@@](C)(CCC=C(C)C)OC(=O)C(OC)c1ccc2ccccc2c1. The minimum Gasteiger partial charge on any atom is -0.457 e. The largest absolute Gasteiger partial charge is 0.457 e. The molecule has 0 aromatic heterocycles. The monoisotopic (exact) mass is 414 g/mol. The van der Waals surface area contributed by atoms with Gasteiger partial charge in [-0.15, -0.1) is 0 Å². The van der Waals surface area contributed by atoms with E-state index in [4.69, 9.17) is 18.9 Å². The Morgan fingerprint density at radius 2 is 1.80 bits per heavy atom. The van der Waals surface area contributed by atoms with Crippen LogP contribution in [0.5, 0.6) is 0 Å². The van der Waals surface area contributed by atoms with E-state index < -0.39 is 11.7 Å². The Morgan fingerprint density at radius 3 is 2.47 bits per heavy atom. The summed E-state index contributed by atoms with van der Waals surface area (Å²) in [4.78, 5) is 13.1. The average molecular weight is 415 g/mol. The molecular formula is C25H34O5. The first kappa shape index (κ1) is 24.1. The highest BCUT2D eigenvalue weighted by atomic mass is 16.7. The molecule has 0 heterocycles. The Kier molecular flexibility index (Phi) is 9.50. The first-order valence-corrected chi connectivity index (χ1v) is 10.3. The molecule has 0 saturated carbocycles. The van der Waals surface area contributed by atoms with Crippen LogP contribution in [0.4, 0.5) is 0 Å². The van der Waals surface area contributed by atoms with Crippen LogP contribution in [-0.2, 0) is 23.7 Å². The summed E-state index contributed by atoms with van der Waals surface area (Å²) in [7, 11) is 3.12. The first-order chi connectivity index (χ1) is 14.4. The van der Waals surface area contributed by atoms with Crippen molar-refractivity contribution in [2.45, 2.75) is 51.7 Å². The van der Waals surface area contributed by atoms with E-state index in [1.807, 2.05) is 49.4 Å². The lowest BCUT2D eigenvalue weighted by atomic mass is 9.95. The number of rotatable bonds is 12. The molecule has 0 aliphatic heterocycles. The number of benzene rings is 2. The third-order valence-corrected chi connectivity index (χ3v) is 5.08. The Bertz CT molecular complexity index is 840. The van der Waals surface area contributed by atoms with Crippen molar-refractivity contribution in [1.29, 1.82) is 0 Å². The molecule has 0 amide bonds. The van der Waals surface area contributed by atoms with E-state index in [9.17, 15) is 4.79 Å². The molecule has 5 nitrogen and oxygen atoms in total. The van der Waals surface area contributed by atoms with Crippen LogP contribution in [0.1, 0.15) is 51.7 Å². The number of carbonyl (C=O) groups is 1. The molecule has 2 rings (SSSR count). The van der Waals surface area contributed by atoms with Crippen LogP contribution < -0.4 is 0 Å². The Labute approximate surface area is 180 Å². The molecule has 0 spiro atoms. The summed E-state index contributed by atoms with van der Waals surface area (Å²) >= 11 is 0. The lowest BCUT2D eigenvalue weighted by molar-refractivity contribution is -0.173. The Balaban J connectivity index is 2.15. The number of ether oxygens (including phenoxy) is 4. The van der Waals surface area contributed by atoms with Gasteiger partial charge in [-0.3, -0.25) is 0 Å². The second kappa shape index (κ2) is 11.8. The molecule has 2 aromatic rings. The molecular weight excluding hydrogens is 380 g/mol. The molecule has 2 atom stereocenters. The van der Waals surface area contributed by atoms with Gasteiger partial charge in [-0.2, -0.15) is 0 Å². The molecule has 0 radical (unpaired) electrons. The number of allylic oxidation sites excluding steroid dienone is 2. The molecule has 0 bridgehead atoms. The number of carbonyl (C=O) groups excluding carboxylic acids is 1. The van der Waals surface area contributed by atoms with Crippen molar-refractivity contribution in [3.63, 3.8) is 0 Å². The van der Waals surface area contributed by atoms with Crippen molar-refractivity contribution in [1.82, 2.24) is 0 Å². The van der Waals surface area contributed by atoms with Gasteiger partial charge in [0.05, 0.1) is 6.61 Å². The zero-order valence-electron chi connectivity index (χ0n) is 18.8. The molecule has 0 aliphatic carbocycles. The fraction of sp³-hybridized carbons (Fsp3) is 0.480. The van der Waals surface area contributed by atoms with E-state index >= 15 is 0 Å². The second-order valence-electron chi connectivity index (χ2n) is 7.98. The zero-order valence-corrected chi connectivity index (χ0v) is 18.8. The van der Waals surface area contributed by atoms with Gasteiger partial charge >= 0.3 is 5.97 Å². The smallest absolute Gasteiger partial charge is 0.340 e. The van der Waals surface area contributed by atoms with Crippen molar-refractivity contribution >= 4 is 16.7 Å². The normalized spacial score (nSPS) is 14.2. The van der Waals surface area contributed by atoms with Gasteiger partial charge in [-0.25, -0.2) is 4.79 Å². The summed E-state index contributed by atoms with van der Waals surface area (Å²) in [6.07, 6.45) is 3.47. The van der Waals surface area contributed by atoms with Crippen molar-refractivity contribution in [3.05, 3.63) is 59.7 Å². The highest BCUT2D eigenvalue weighted by Crippen LogP contribution is 2.29. The van der Waals surface area contributed by atoms with Crippen molar-refractivity contribution in [2.24, 2.45) is 0 Å². The van der Waals surface area contributed by atoms with E-state index in [2.05, 4.69) is 19.9 Å². The van der Waals surface area contributed by atoms with E-state index in [1.54, 1.807) is 7.11 Å². The van der Waals surface area contributed by atoms with Crippen LogP contribution in [0, 0.1) is 0 Å². The van der Waals surface area contributed by atoms with Gasteiger partial charge in [-0.1, -0.05) is 48.0 Å². The summed E-state index contributed by atoms with van der Waals surface area (Å²) in [5.74, 6) is -0.390. The zero-order chi connectivity index (χ0) is 22.0. The van der Waals surface area contributed by atoms with Crippen molar-refractivity contribution in [2.75, 3.05) is 27.6 Å². The van der Waals surface area contributed by atoms with Crippen LogP contribution in [0.25, 0.3) is 10.8 Å². The predicted octanol–water partition coefficient (Wildman–Crippen LogP) is 5.59. The summed E-state index contributed by atoms with van der Waals surface area (Å²) < 4.78 is 21.9. The maximum Gasteiger partial charge on any atom is 0.340 e. The third kappa shape index (κ3) is 7.24. The molecule has 0 fully saturated rings. The van der Waals surface area contributed by atoms with Gasteiger partial charge in [0.15, 0.2) is 6.10 Å². The van der Waals surface area contributed by atoms with Gasteiger partial charge in [0.2, 0.25) is 0 Å². The van der Waals surface area contributed by atoms with Gasteiger partial charge in [0.25, 0.3) is 0 Å². The lowest BCUT2D eigenvalue weighted by Crippen LogP contribution is -2.35. The fourth-order valence-corrected chi connectivity index (χ4v) is 3.36. The predicted molar refractivity (Wildman–Crippen MR) is 119 cm³/mol. The van der Waals surface area contributed by atoms with Gasteiger partial charge < -0.3 is 18.9 Å². The molecule has 0 aliphatic rings. The summed E-state index contributed by atoms with van der Waals surface area (Å²) in [5.41, 5.74) is 1.36. The third-order valence-electron chi connectivity index (χ3n) is 5.08. The molecule has 2 aromatic carbocycles. The number of hydrogen-bond acceptors (Lipinski definition) is 5. The molecule has 164 valence electrons. The van der Waals surface area contributed by atoms with E-state index in [0.29, 0.717) is 19.4 Å². The van der Waals surface area contributed by atoms with Crippen LogP contribution >= 0.6 is 0 Å². The van der Waals surface area contributed by atoms with Crippen LogP contribution in [0.3, 0.4) is 0 Å². The average Bonchev–Trinajstić information content (AvgIpc) is 2.71. The topological polar surface area (TPSA) is 54.0 Å². The summed E-state index contributed by atoms with van der Waals surface area (Å²) in [5, 5.41) is 2.18. The lowest BCUT2D eigenvalue weighted by Gasteiger charge is -2.31. The Hall–Kier alpha value is -2.21. The minimum absolute atomic E-state index is 0.218. The van der Waals surface area contributed by atoms with E-state index in [-0.39, 0.29) is 12.8 Å². The molecule has 30 heavy (non-hydrogen) atoms. The van der Waals surface area contributed by atoms with Crippen LogP contribution in [-0.4, -0.2) is 39.2 Å². The highest BCUT2D eigenvalue weighted by Gasteiger charge is 2.32. The molecule has 0 saturated heterocycles. The number of fused-ring (bicyclic) bond motifs is 1. The second-order valence-corrected chi connectivity index (χ2v) is 7.98. The van der Waals surface area contributed by atoms with Crippen molar-refractivity contribution in [3.8, 4) is 0 Å². The van der Waals surface area contributed by atoms with Crippen molar-refractivity contribution < 1.29 is 23.7 Å². The highest BCUT2D eigenvalue weighted by molar-refractivity contribution is 5.85.